The first-order chi connectivity index (χ1) is 14.8. The number of imide groups is 1. The number of hydrogen-bond acceptors (Lipinski definition) is 7. The van der Waals surface area contributed by atoms with E-state index in [-0.39, 0.29) is 23.3 Å². The van der Waals surface area contributed by atoms with Gasteiger partial charge in [-0.05, 0) is 47.2 Å². The van der Waals surface area contributed by atoms with Crippen molar-refractivity contribution in [3.05, 3.63) is 61.9 Å². The van der Waals surface area contributed by atoms with Gasteiger partial charge in [0.1, 0.15) is 0 Å². The smallest absolute Gasteiger partial charge is 0.343 e. The van der Waals surface area contributed by atoms with E-state index in [9.17, 15) is 14.4 Å². The second-order valence-corrected chi connectivity index (χ2v) is 8.50. The van der Waals surface area contributed by atoms with Gasteiger partial charge >= 0.3 is 5.97 Å². The number of carbonyl (C=O) groups is 3. The van der Waals surface area contributed by atoms with Gasteiger partial charge in [0.25, 0.3) is 11.1 Å². The van der Waals surface area contributed by atoms with Gasteiger partial charge in [-0.3, -0.25) is 14.5 Å². The monoisotopic (exact) mass is 525 g/mol. The zero-order valence-electron chi connectivity index (χ0n) is 16.5. The van der Waals surface area contributed by atoms with E-state index < -0.39 is 11.9 Å². The van der Waals surface area contributed by atoms with Crippen LogP contribution in [0.3, 0.4) is 0 Å². The molecular weight excluding hydrogens is 510 g/mol. The standard InChI is InChI=1S/C21H17BrClNO6S/c1-28-16-7-13(14(22)9-17(16)30-11-19(25)29-2)8-18-20(26)24(21(27)31-18)10-12-5-3-4-6-15(12)23/h3-9H,10-11H2,1-2H3/b18-8-. The van der Waals surface area contributed by atoms with Crippen molar-refractivity contribution in [2.45, 2.75) is 6.54 Å². The molecule has 2 aromatic rings. The summed E-state index contributed by atoms with van der Waals surface area (Å²) in [4.78, 5) is 38.0. The lowest BCUT2D eigenvalue weighted by Gasteiger charge is -2.13. The quantitative estimate of drug-likeness (QED) is 0.375. The number of ether oxygens (including phenoxy) is 3. The summed E-state index contributed by atoms with van der Waals surface area (Å²) in [5, 5.41) is 0.109. The number of thioether (sulfide) groups is 1. The summed E-state index contributed by atoms with van der Waals surface area (Å²) in [7, 11) is 2.72. The maximum Gasteiger partial charge on any atom is 0.343 e. The minimum Gasteiger partial charge on any atom is -0.493 e. The van der Waals surface area contributed by atoms with Gasteiger partial charge in [0.05, 0.1) is 25.7 Å². The Hall–Kier alpha value is -2.49. The average molecular weight is 527 g/mol. The summed E-state index contributed by atoms with van der Waals surface area (Å²) < 4.78 is 15.9. The van der Waals surface area contributed by atoms with E-state index in [4.69, 9.17) is 21.1 Å². The third-order valence-electron chi connectivity index (χ3n) is 4.30. The maximum atomic E-state index is 12.8. The summed E-state index contributed by atoms with van der Waals surface area (Å²) in [5.41, 5.74) is 1.29. The van der Waals surface area contributed by atoms with Gasteiger partial charge in [0, 0.05) is 9.50 Å². The van der Waals surface area contributed by atoms with Gasteiger partial charge in [0.15, 0.2) is 18.1 Å². The molecule has 0 aromatic heterocycles. The van der Waals surface area contributed by atoms with Crippen LogP contribution in [0.1, 0.15) is 11.1 Å². The third kappa shape index (κ3) is 5.41. The highest BCUT2D eigenvalue weighted by Crippen LogP contribution is 2.38. The molecule has 0 bridgehead atoms. The molecule has 0 saturated carbocycles. The second-order valence-electron chi connectivity index (χ2n) is 6.25. The zero-order chi connectivity index (χ0) is 22.5. The Morgan fingerprint density at radius 3 is 2.61 bits per heavy atom. The summed E-state index contributed by atoms with van der Waals surface area (Å²) in [6.07, 6.45) is 1.59. The first-order valence-corrected chi connectivity index (χ1v) is 10.9. The van der Waals surface area contributed by atoms with Gasteiger partial charge in [-0.15, -0.1) is 0 Å². The Bertz CT molecular complexity index is 1070. The minimum atomic E-state index is -0.533. The van der Waals surface area contributed by atoms with Crippen molar-refractivity contribution >= 4 is 62.5 Å². The van der Waals surface area contributed by atoms with Crippen molar-refractivity contribution in [3.8, 4) is 11.5 Å². The third-order valence-corrected chi connectivity index (χ3v) is 6.27. The fraction of sp³-hybridized carbons (Fsp3) is 0.190. The molecule has 10 heteroatoms. The van der Waals surface area contributed by atoms with Crippen LogP contribution in [0.4, 0.5) is 4.79 Å². The Labute approximate surface area is 196 Å². The van der Waals surface area contributed by atoms with Crippen molar-refractivity contribution in [2.75, 3.05) is 20.8 Å². The Kier molecular flexibility index (Phi) is 7.64. The van der Waals surface area contributed by atoms with Gasteiger partial charge < -0.3 is 14.2 Å². The summed E-state index contributed by atoms with van der Waals surface area (Å²) in [6.45, 7) is -0.188. The molecule has 31 heavy (non-hydrogen) atoms. The molecule has 1 heterocycles. The number of halogens is 2. The number of nitrogens with zero attached hydrogens (tertiary/aromatic N) is 1. The molecule has 0 N–H and O–H groups in total. The largest absolute Gasteiger partial charge is 0.493 e. The second kappa shape index (κ2) is 10.2. The van der Waals surface area contributed by atoms with Crippen LogP contribution < -0.4 is 9.47 Å². The topological polar surface area (TPSA) is 82.1 Å². The van der Waals surface area contributed by atoms with Crippen LogP contribution in [0.25, 0.3) is 6.08 Å². The molecule has 7 nitrogen and oxygen atoms in total. The molecule has 2 aromatic carbocycles. The maximum absolute atomic E-state index is 12.8. The normalized spacial score (nSPS) is 14.8. The number of esters is 1. The van der Waals surface area contributed by atoms with Crippen molar-refractivity contribution in [1.82, 2.24) is 4.90 Å². The van der Waals surface area contributed by atoms with Crippen LogP contribution in [-0.2, 0) is 20.9 Å². The zero-order valence-corrected chi connectivity index (χ0v) is 19.7. The predicted molar refractivity (Wildman–Crippen MR) is 121 cm³/mol. The lowest BCUT2D eigenvalue weighted by Crippen LogP contribution is -2.27. The molecule has 0 unspecified atom stereocenters. The summed E-state index contributed by atoms with van der Waals surface area (Å²) in [6, 6.07) is 10.3. The Balaban J connectivity index is 1.84. The first kappa shape index (κ1) is 23.2. The number of rotatable bonds is 7. The van der Waals surface area contributed by atoms with Gasteiger partial charge in [-0.25, -0.2) is 4.79 Å². The molecule has 0 radical (unpaired) electrons. The number of hydrogen-bond donors (Lipinski definition) is 0. The molecule has 1 aliphatic rings. The van der Waals surface area contributed by atoms with Crippen LogP contribution >= 0.6 is 39.3 Å². The predicted octanol–water partition coefficient (Wildman–Crippen LogP) is 4.90. The van der Waals surface area contributed by atoms with E-state index in [2.05, 4.69) is 20.7 Å². The highest BCUT2D eigenvalue weighted by atomic mass is 79.9. The fourth-order valence-electron chi connectivity index (χ4n) is 2.70. The van der Waals surface area contributed by atoms with Crippen LogP contribution in [0.5, 0.6) is 11.5 Å². The molecule has 1 aliphatic heterocycles. The van der Waals surface area contributed by atoms with E-state index in [1.165, 1.54) is 14.2 Å². The van der Waals surface area contributed by atoms with Gasteiger partial charge in [0.2, 0.25) is 0 Å². The average Bonchev–Trinajstić information content (AvgIpc) is 3.02. The fourth-order valence-corrected chi connectivity index (χ4v) is 4.17. The van der Waals surface area contributed by atoms with Crippen molar-refractivity contribution in [1.29, 1.82) is 0 Å². The lowest BCUT2D eigenvalue weighted by atomic mass is 10.1. The molecule has 1 fully saturated rings. The molecule has 162 valence electrons. The SMILES string of the molecule is COC(=O)COc1cc(Br)c(/C=C2\SC(=O)N(Cc3ccccc3Cl)C2=O)cc1OC. The van der Waals surface area contributed by atoms with Crippen molar-refractivity contribution < 1.29 is 28.6 Å². The highest BCUT2D eigenvalue weighted by Gasteiger charge is 2.35. The van der Waals surface area contributed by atoms with E-state index in [1.807, 2.05) is 0 Å². The molecule has 3 rings (SSSR count). The first-order valence-electron chi connectivity index (χ1n) is 8.90. The Morgan fingerprint density at radius 1 is 1.19 bits per heavy atom. The molecule has 1 saturated heterocycles. The number of carbonyl (C=O) groups excluding carboxylic acids is 3. The van der Waals surface area contributed by atoms with Gasteiger partial charge in [-0.1, -0.05) is 45.7 Å². The van der Waals surface area contributed by atoms with E-state index in [1.54, 1.807) is 42.5 Å². The van der Waals surface area contributed by atoms with Gasteiger partial charge in [-0.2, -0.15) is 0 Å². The number of benzene rings is 2. The van der Waals surface area contributed by atoms with Crippen molar-refractivity contribution in [3.63, 3.8) is 0 Å². The van der Waals surface area contributed by atoms with Crippen LogP contribution in [0.15, 0.2) is 45.8 Å². The van der Waals surface area contributed by atoms with Crippen LogP contribution in [0.2, 0.25) is 5.02 Å². The minimum absolute atomic E-state index is 0.0898. The summed E-state index contributed by atoms with van der Waals surface area (Å²) in [5.74, 6) is -0.265. The molecular formula is C21H17BrClNO6S. The van der Waals surface area contributed by atoms with E-state index in [0.29, 0.717) is 32.1 Å². The van der Waals surface area contributed by atoms with E-state index >= 15 is 0 Å². The number of methoxy groups -OCH3 is 2. The Morgan fingerprint density at radius 2 is 1.94 bits per heavy atom. The van der Waals surface area contributed by atoms with E-state index in [0.717, 1.165) is 16.7 Å². The lowest BCUT2D eigenvalue weighted by molar-refractivity contribution is -0.142. The molecule has 0 aliphatic carbocycles. The summed E-state index contributed by atoms with van der Waals surface area (Å²) >= 11 is 10.4. The van der Waals surface area contributed by atoms with Crippen molar-refractivity contribution in [2.24, 2.45) is 0 Å². The molecule has 2 amide bonds. The molecule has 0 spiro atoms. The van der Waals surface area contributed by atoms with Crippen LogP contribution in [-0.4, -0.2) is 42.8 Å². The molecule has 0 atom stereocenters. The van der Waals surface area contributed by atoms with Crippen LogP contribution in [0, 0.1) is 0 Å². The number of amides is 2. The highest BCUT2D eigenvalue weighted by molar-refractivity contribution is 9.10.